The number of benzene rings is 1. The molecule has 21 heavy (non-hydrogen) atoms. The molecule has 0 bridgehead atoms. The van der Waals surface area contributed by atoms with Crippen LogP contribution in [0.3, 0.4) is 0 Å². The Morgan fingerprint density at radius 3 is 2.95 bits per heavy atom. The average molecular weight is 315 g/mol. The Hall–Kier alpha value is -1.30. The largest absolute Gasteiger partial charge is 0.494 e. The van der Waals surface area contributed by atoms with Crippen LogP contribution in [-0.2, 0) is 0 Å². The van der Waals surface area contributed by atoms with Crippen molar-refractivity contribution in [3.05, 3.63) is 29.8 Å². The standard InChI is InChI=1S/C15H22N2O3.ClH/c1-2-6-20-13-5-3-4-11(7-13)15(19)17-9-12-8-16-10-14(12)18;/h3-5,7,12,14,16,18H,2,6,8-10H2,1H3,(H,17,19);1H. The van der Waals surface area contributed by atoms with Crippen molar-refractivity contribution in [1.82, 2.24) is 10.6 Å². The lowest BCUT2D eigenvalue weighted by Crippen LogP contribution is -2.34. The number of halogens is 1. The summed E-state index contributed by atoms with van der Waals surface area (Å²) in [5, 5.41) is 15.6. The van der Waals surface area contributed by atoms with Crippen LogP contribution in [0.5, 0.6) is 5.75 Å². The minimum atomic E-state index is -0.380. The molecule has 1 aliphatic rings. The molecule has 3 N–H and O–H groups in total. The molecule has 2 atom stereocenters. The topological polar surface area (TPSA) is 70.6 Å². The second-order valence-electron chi connectivity index (χ2n) is 5.07. The van der Waals surface area contributed by atoms with Crippen molar-refractivity contribution in [2.45, 2.75) is 19.4 Å². The van der Waals surface area contributed by atoms with Gasteiger partial charge in [-0.2, -0.15) is 0 Å². The first-order valence-corrected chi connectivity index (χ1v) is 7.10. The maximum Gasteiger partial charge on any atom is 0.251 e. The number of rotatable bonds is 6. The number of hydrogen-bond donors (Lipinski definition) is 3. The summed E-state index contributed by atoms with van der Waals surface area (Å²) >= 11 is 0. The second kappa shape index (κ2) is 8.87. The highest BCUT2D eigenvalue weighted by atomic mass is 35.5. The third kappa shape index (κ3) is 5.19. The summed E-state index contributed by atoms with van der Waals surface area (Å²) in [5.41, 5.74) is 0.582. The minimum Gasteiger partial charge on any atom is -0.494 e. The smallest absolute Gasteiger partial charge is 0.251 e. The lowest BCUT2D eigenvalue weighted by molar-refractivity contribution is 0.0926. The van der Waals surface area contributed by atoms with E-state index < -0.39 is 0 Å². The number of carbonyl (C=O) groups is 1. The van der Waals surface area contributed by atoms with Crippen LogP contribution in [0.25, 0.3) is 0 Å². The van der Waals surface area contributed by atoms with Crippen LogP contribution >= 0.6 is 12.4 Å². The Morgan fingerprint density at radius 2 is 2.29 bits per heavy atom. The summed E-state index contributed by atoms with van der Waals surface area (Å²) < 4.78 is 5.51. The highest BCUT2D eigenvalue weighted by molar-refractivity contribution is 5.94. The number of hydrogen-bond acceptors (Lipinski definition) is 4. The highest BCUT2D eigenvalue weighted by Crippen LogP contribution is 2.14. The maximum atomic E-state index is 12.1. The van der Waals surface area contributed by atoms with E-state index >= 15 is 0 Å². The van der Waals surface area contributed by atoms with Gasteiger partial charge in [0, 0.05) is 31.1 Å². The van der Waals surface area contributed by atoms with E-state index in [1.165, 1.54) is 0 Å². The Labute approximate surface area is 131 Å². The summed E-state index contributed by atoms with van der Waals surface area (Å²) in [7, 11) is 0. The molecule has 0 aliphatic carbocycles. The molecule has 1 aliphatic heterocycles. The third-order valence-electron chi connectivity index (χ3n) is 3.40. The van der Waals surface area contributed by atoms with Crippen molar-refractivity contribution in [1.29, 1.82) is 0 Å². The average Bonchev–Trinajstić information content (AvgIpc) is 2.88. The quantitative estimate of drug-likeness (QED) is 0.738. The second-order valence-corrected chi connectivity index (χ2v) is 5.07. The van der Waals surface area contributed by atoms with E-state index in [0.717, 1.165) is 13.0 Å². The molecule has 6 heteroatoms. The number of ether oxygens (including phenoxy) is 1. The van der Waals surface area contributed by atoms with Gasteiger partial charge in [0.15, 0.2) is 0 Å². The van der Waals surface area contributed by atoms with Gasteiger partial charge in [0.2, 0.25) is 0 Å². The maximum absolute atomic E-state index is 12.1. The Morgan fingerprint density at radius 1 is 1.48 bits per heavy atom. The van der Waals surface area contributed by atoms with Crippen LogP contribution in [0.1, 0.15) is 23.7 Å². The highest BCUT2D eigenvalue weighted by Gasteiger charge is 2.25. The molecule has 0 radical (unpaired) electrons. The fraction of sp³-hybridized carbons (Fsp3) is 0.533. The lowest BCUT2D eigenvalue weighted by Gasteiger charge is -2.14. The zero-order valence-corrected chi connectivity index (χ0v) is 13.0. The van der Waals surface area contributed by atoms with Crippen molar-refractivity contribution in [2.75, 3.05) is 26.2 Å². The summed E-state index contributed by atoms with van der Waals surface area (Å²) in [6, 6.07) is 7.16. The SMILES string of the molecule is CCCOc1cccc(C(=O)NCC2CNCC2O)c1.Cl. The number of nitrogens with one attached hydrogen (secondary N) is 2. The zero-order valence-electron chi connectivity index (χ0n) is 12.2. The van der Waals surface area contributed by atoms with Gasteiger partial charge in [-0.05, 0) is 24.6 Å². The van der Waals surface area contributed by atoms with Crippen LogP contribution in [0.4, 0.5) is 0 Å². The lowest BCUT2D eigenvalue weighted by atomic mass is 10.1. The summed E-state index contributed by atoms with van der Waals surface area (Å²) in [6.45, 7) is 4.50. The molecule has 1 fully saturated rings. The number of β-amino-alcohol motifs (C(OH)–C–C–N with tert-alkyl or cyclic N) is 1. The van der Waals surface area contributed by atoms with E-state index in [9.17, 15) is 9.90 Å². The van der Waals surface area contributed by atoms with Crippen molar-refractivity contribution in [3.63, 3.8) is 0 Å². The molecule has 0 spiro atoms. The van der Waals surface area contributed by atoms with E-state index in [0.29, 0.717) is 31.0 Å². The van der Waals surface area contributed by atoms with Gasteiger partial charge >= 0.3 is 0 Å². The molecule has 118 valence electrons. The molecule has 0 saturated carbocycles. The van der Waals surface area contributed by atoms with Crippen molar-refractivity contribution < 1.29 is 14.6 Å². The Balaban J connectivity index is 0.00000220. The number of aliphatic hydroxyl groups excluding tert-OH is 1. The van der Waals surface area contributed by atoms with Crippen molar-refractivity contribution in [3.8, 4) is 5.75 Å². The van der Waals surface area contributed by atoms with Crippen LogP contribution in [0, 0.1) is 5.92 Å². The molecule has 1 aromatic rings. The third-order valence-corrected chi connectivity index (χ3v) is 3.40. The fourth-order valence-electron chi connectivity index (χ4n) is 2.20. The van der Waals surface area contributed by atoms with Crippen molar-refractivity contribution in [2.24, 2.45) is 5.92 Å². The Bertz CT molecular complexity index is 456. The van der Waals surface area contributed by atoms with Gasteiger partial charge in [-0.3, -0.25) is 4.79 Å². The molecule has 5 nitrogen and oxygen atoms in total. The Kier molecular flexibility index (Phi) is 7.50. The van der Waals surface area contributed by atoms with Gasteiger partial charge in [0.05, 0.1) is 12.7 Å². The first-order valence-electron chi connectivity index (χ1n) is 7.10. The van der Waals surface area contributed by atoms with Gasteiger partial charge in [-0.25, -0.2) is 0 Å². The number of amides is 1. The van der Waals surface area contributed by atoms with Crippen LogP contribution in [0.2, 0.25) is 0 Å². The van der Waals surface area contributed by atoms with Gasteiger partial charge < -0.3 is 20.5 Å². The molecule has 1 aromatic carbocycles. The molecule has 1 saturated heterocycles. The van der Waals surface area contributed by atoms with Crippen LogP contribution in [-0.4, -0.2) is 43.4 Å². The molecule has 1 amide bonds. The molecular weight excluding hydrogens is 292 g/mol. The number of aliphatic hydroxyl groups is 1. The zero-order chi connectivity index (χ0) is 14.4. The van der Waals surface area contributed by atoms with Crippen molar-refractivity contribution >= 4 is 18.3 Å². The predicted octanol–water partition coefficient (Wildman–Crippen LogP) is 1.21. The van der Waals surface area contributed by atoms with Gasteiger partial charge in [-0.15, -0.1) is 12.4 Å². The summed E-state index contributed by atoms with van der Waals surface area (Å²) in [6.07, 6.45) is 0.553. The monoisotopic (exact) mass is 314 g/mol. The van der Waals surface area contributed by atoms with Crippen LogP contribution < -0.4 is 15.4 Å². The first-order chi connectivity index (χ1) is 9.70. The van der Waals surface area contributed by atoms with E-state index in [2.05, 4.69) is 10.6 Å². The number of carbonyl (C=O) groups excluding carboxylic acids is 1. The predicted molar refractivity (Wildman–Crippen MR) is 84.2 cm³/mol. The van der Waals surface area contributed by atoms with Crippen LogP contribution in [0.15, 0.2) is 24.3 Å². The summed E-state index contributed by atoms with van der Waals surface area (Å²) in [4.78, 5) is 12.1. The minimum absolute atomic E-state index is 0. The molecule has 2 unspecified atom stereocenters. The fourth-order valence-corrected chi connectivity index (χ4v) is 2.20. The molecular formula is C15H23ClN2O3. The molecule has 2 rings (SSSR count). The summed E-state index contributed by atoms with van der Waals surface area (Å²) in [5.74, 6) is 0.659. The normalized spacial score (nSPS) is 20.7. The van der Waals surface area contributed by atoms with Gasteiger partial charge in [0.1, 0.15) is 5.75 Å². The molecule has 1 heterocycles. The first kappa shape index (κ1) is 17.8. The van der Waals surface area contributed by atoms with E-state index in [4.69, 9.17) is 4.74 Å². The van der Waals surface area contributed by atoms with E-state index in [1.807, 2.05) is 19.1 Å². The van der Waals surface area contributed by atoms with E-state index in [-0.39, 0.29) is 30.3 Å². The van der Waals surface area contributed by atoms with E-state index in [1.54, 1.807) is 12.1 Å². The van der Waals surface area contributed by atoms with Gasteiger partial charge in [-0.1, -0.05) is 13.0 Å². The molecule has 0 aromatic heterocycles. The van der Waals surface area contributed by atoms with Gasteiger partial charge in [0.25, 0.3) is 5.91 Å².